The zero-order chi connectivity index (χ0) is 16.9. The number of rotatable bonds is 5. The summed E-state index contributed by atoms with van der Waals surface area (Å²) in [6.07, 6.45) is 2.60. The lowest BCUT2D eigenvalue weighted by atomic mass is 10.00. The Bertz CT molecular complexity index is 714. The number of carbonyl (C=O) groups is 1. The fourth-order valence-corrected chi connectivity index (χ4v) is 2.91. The van der Waals surface area contributed by atoms with E-state index in [-0.39, 0.29) is 5.91 Å². The van der Waals surface area contributed by atoms with Crippen LogP contribution in [0.1, 0.15) is 21.6 Å². The second kappa shape index (κ2) is 7.45. The summed E-state index contributed by atoms with van der Waals surface area (Å²) in [5.74, 6) is 0.000706. The zero-order valence-corrected chi connectivity index (χ0v) is 14.3. The molecule has 0 saturated heterocycles. The summed E-state index contributed by atoms with van der Waals surface area (Å²) in [5.41, 5.74) is 4.02. The minimum absolute atomic E-state index is 0.000706. The number of carbonyl (C=O) groups excluding carboxylic acids is 1. The third-order valence-corrected chi connectivity index (χ3v) is 4.29. The topological polar surface area (TPSA) is 48.5 Å². The number of amides is 1. The maximum absolute atomic E-state index is 12.8. The molecule has 0 saturated carbocycles. The van der Waals surface area contributed by atoms with E-state index in [1.54, 1.807) is 6.20 Å². The molecule has 0 unspecified atom stereocenters. The van der Waals surface area contributed by atoms with Crippen LogP contribution in [-0.4, -0.2) is 54.4 Å². The van der Waals surface area contributed by atoms with Gasteiger partial charge in [-0.2, -0.15) is 0 Å². The van der Waals surface area contributed by atoms with E-state index in [1.165, 1.54) is 11.1 Å². The van der Waals surface area contributed by atoms with Gasteiger partial charge in [0.25, 0.3) is 5.91 Å². The summed E-state index contributed by atoms with van der Waals surface area (Å²) in [6, 6.07) is 12.1. The van der Waals surface area contributed by atoms with Crippen molar-refractivity contribution < 1.29 is 4.79 Å². The summed E-state index contributed by atoms with van der Waals surface area (Å²) in [4.78, 5) is 21.0. The largest absolute Gasteiger partial charge is 0.384 e. The minimum Gasteiger partial charge on any atom is -0.384 e. The molecule has 126 valence electrons. The second-order valence-corrected chi connectivity index (χ2v) is 6.41. The van der Waals surface area contributed by atoms with Gasteiger partial charge in [-0.1, -0.05) is 24.3 Å². The molecule has 3 rings (SSSR count). The van der Waals surface area contributed by atoms with Gasteiger partial charge in [-0.15, -0.1) is 0 Å². The van der Waals surface area contributed by atoms with E-state index in [0.717, 1.165) is 31.7 Å². The van der Waals surface area contributed by atoms with Crippen molar-refractivity contribution in [3.63, 3.8) is 0 Å². The van der Waals surface area contributed by atoms with Crippen molar-refractivity contribution in [1.29, 1.82) is 0 Å². The number of anilines is 1. The van der Waals surface area contributed by atoms with Gasteiger partial charge in [-0.25, -0.2) is 0 Å². The number of pyridine rings is 1. The summed E-state index contributed by atoms with van der Waals surface area (Å²) in [6.45, 7) is 3.18. The Morgan fingerprint density at radius 2 is 2.04 bits per heavy atom. The van der Waals surface area contributed by atoms with Crippen LogP contribution in [0.3, 0.4) is 0 Å². The molecule has 2 aromatic rings. The average Bonchev–Trinajstić information content (AvgIpc) is 2.60. The molecule has 1 aromatic carbocycles. The molecule has 5 nitrogen and oxygen atoms in total. The van der Waals surface area contributed by atoms with Crippen molar-refractivity contribution in [2.75, 3.05) is 39.0 Å². The van der Waals surface area contributed by atoms with E-state index >= 15 is 0 Å². The van der Waals surface area contributed by atoms with E-state index in [9.17, 15) is 4.79 Å². The molecule has 0 spiro atoms. The van der Waals surface area contributed by atoms with Crippen molar-refractivity contribution in [2.45, 2.75) is 13.0 Å². The summed E-state index contributed by atoms with van der Waals surface area (Å²) in [5, 5.41) is 3.34. The molecule has 0 radical (unpaired) electrons. The van der Waals surface area contributed by atoms with Crippen LogP contribution < -0.4 is 5.32 Å². The number of benzene rings is 1. The molecule has 0 aliphatic carbocycles. The van der Waals surface area contributed by atoms with Gasteiger partial charge in [-0.3, -0.25) is 9.78 Å². The Labute approximate surface area is 143 Å². The van der Waals surface area contributed by atoms with Gasteiger partial charge in [-0.05, 0) is 43.8 Å². The Balaban J connectivity index is 1.67. The zero-order valence-electron chi connectivity index (χ0n) is 14.3. The lowest BCUT2D eigenvalue weighted by molar-refractivity contribution is 0.0729. The van der Waals surface area contributed by atoms with Crippen molar-refractivity contribution in [3.8, 4) is 0 Å². The number of aromatic nitrogens is 1. The third-order valence-electron chi connectivity index (χ3n) is 4.29. The van der Waals surface area contributed by atoms with Crippen LogP contribution in [0.5, 0.6) is 0 Å². The van der Waals surface area contributed by atoms with Gasteiger partial charge in [0.05, 0.1) is 0 Å². The molecule has 1 aliphatic heterocycles. The van der Waals surface area contributed by atoms with Crippen molar-refractivity contribution in [1.82, 2.24) is 14.8 Å². The SMILES string of the molecule is CN(C)CCNc1ccnc(C(=O)N2CCc3ccccc3C2)c1. The Kier molecular flexibility index (Phi) is 5.11. The van der Waals surface area contributed by atoms with Crippen molar-refractivity contribution in [3.05, 3.63) is 59.4 Å². The number of fused-ring (bicyclic) bond motifs is 1. The third kappa shape index (κ3) is 3.92. The highest BCUT2D eigenvalue weighted by atomic mass is 16.2. The minimum atomic E-state index is 0.000706. The molecule has 5 heteroatoms. The molecule has 0 fully saturated rings. The molecule has 2 heterocycles. The molecule has 24 heavy (non-hydrogen) atoms. The highest BCUT2D eigenvalue weighted by Crippen LogP contribution is 2.20. The molecule has 1 aliphatic rings. The van der Waals surface area contributed by atoms with Gasteiger partial charge < -0.3 is 15.1 Å². The maximum atomic E-state index is 12.8. The summed E-state index contributed by atoms with van der Waals surface area (Å²) < 4.78 is 0. The molecule has 1 amide bonds. The standard InChI is InChI=1S/C19H24N4O/c1-22(2)12-10-20-17-7-9-21-18(13-17)19(24)23-11-8-15-5-3-4-6-16(15)14-23/h3-7,9,13H,8,10-12,14H2,1-2H3,(H,20,21). The van der Waals surface area contributed by atoms with E-state index in [2.05, 4.69) is 33.4 Å². The molecule has 0 bridgehead atoms. The maximum Gasteiger partial charge on any atom is 0.272 e. The highest BCUT2D eigenvalue weighted by molar-refractivity contribution is 5.93. The monoisotopic (exact) mass is 324 g/mol. The Morgan fingerprint density at radius 1 is 1.25 bits per heavy atom. The quantitative estimate of drug-likeness (QED) is 0.916. The predicted molar refractivity (Wildman–Crippen MR) is 96.2 cm³/mol. The fraction of sp³-hybridized carbons (Fsp3) is 0.368. The molecule has 0 atom stereocenters. The fourth-order valence-electron chi connectivity index (χ4n) is 2.91. The van der Waals surface area contributed by atoms with Crippen LogP contribution in [0.15, 0.2) is 42.6 Å². The van der Waals surface area contributed by atoms with E-state index < -0.39 is 0 Å². The lowest BCUT2D eigenvalue weighted by Crippen LogP contribution is -2.36. The number of hydrogen-bond donors (Lipinski definition) is 1. The van der Waals surface area contributed by atoms with E-state index in [1.807, 2.05) is 37.2 Å². The molecule has 1 aromatic heterocycles. The predicted octanol–water partition coefficient (Wildman–Crippen LogP) is 2.25. The Hall–Kier alpha value is -2.40. The number of hydrogen-bond acceptors (Lipinski definition) is 4. The van der Waals surface area contributed by atoms with Gasteiger partial charge in [0.2, 0.25) is 0 Å². The smallest absolute Gasteiger partial charge is 0.272 e. The summed E-state index contributed by atoms with van der Waals surface area (Å²) >= 11 is 0. The van der Waals surface area contributed by atoms with Crippen molar-refractivity contribution in [2.24, 2.45) is 0 Å². The van der Waals surface area contributed by atoms with Crippen LogP contribution in [0, 0.1) is 0 Å². The normalized spacial score (nSPS) is 13.7. The molecular formula is C19H24N4O. The number of nitrogens with zero attached hydrogens (tertiary/aromatic N) is 3. The molecular weight excluding hydrogens is 300 g/mol. The van der Waals surface area contributed by atoms with Crippen LogP contribution in [0.25, 0.3) is 0 Å². The first-order valence-electron chi connectivity index (χ1n) is 8.34. The van der Waals surface area contributed by atoms with Gasteiger partial charge >= 0.3 is 0 Å². The van der Waals surface area contributed by atoms with Gasteiger partial charge in [0.15, 0.2) is 0 Å². The van der Waals surface area contributed by atoms with Crippen LogP contribution >= 0.6 is 0 Å². The average molecular weight is 324 g/mol. The van der Waals surface area contributed by atoms with Gasteiger partial charge in [0, 0.05) is 38.1 Å². The van der Waals surface area contributed by atoms with Crippen LogP contribution in [0.2, 0.25) is 0 Å². The van der Waals surface area contributed by atoms with Crippen LogP contribution in [0.4, 0.5) is 5.69 Å². The lowest BCUT2D eigenvalue weighted by Gasteiger charge is -2.28. The number of nitrogens with one attached hydrogen (secondary N) is 1. The first-order chi connectivity index (χ1) is 11.6. The number of likely N-dealkylation sites (N-methyl/N-ethyl adjacent to an activating group) is 1. The first-order valence-corrected chi connectivity index (χ1v) is 8.34. The Morgan fingerprint density at radius 3 is 2.83 bits per heavy atom. The van der Waals surface area contributed by atoms with Crippen molar-refractivity contribution >= 4 is 11.6 Å². The van der Waals surface area contributed by atoms with Crippen LogP contribution in [-0.2, 0) is 13.0 Å². The highest BCUT2D eigenvalue weighted by Gasteiger charge is 2.22. The second-order valence-electron chi connectivity index (χ2n) is 6.41. The summed E-state index contributed by atoms with van der Waals surface area (Å²) in [7, 11) is 4.08. The first kappa shape index (κ1) is 16.5. The molecule has 1 N–H and O–H groups in total. The van der Waals surface area contributed by atoms with Gasteiger partial charge in [0.1, 0.15) is 5.69 Å². The van der Waals surface area contributed by atoms with E-state index in [4.69, 9.17) is 0 Å². The van der Waals surface area contributed by atoms with E-state index in [0.29, 0.717) is 12.2 Å².